The van der Waals surface area contributed by atoms with Crippen LogP contribution < -0.4 is 5.73 Å². The minimum Gasteiger partial charge on any atom is -0.396 e. The fourth-order valence-corrected chi connectivity index (χ4v) is 3.80. The number of sulfone groups is 1. The van der Waals surface area contributed by atoms with Gasteiger partial charge in [0.05, 0.1) is 22.5 Å². The minimum atomic E-state index is -3.31. The van der Waals surface area contributed by atoms with Gasteiger partial charge >= 0.3 is 0 Å². The zero-order valence-corrected chi connectivity index (χ0v) is 10.3. The molecule has 1 aromatic rings. The Kier molecular flexibility index (Phi) is 3.63. The van der Waals surface area contributed by atoms with E-state index in [-0.39, 0.29) is 22.3 Å². The Bertz CT molecular complexity index is 481. The van der Waals surface area contributed by atoms with Gasteiger partial charge in [-0.05, 0) is 24.8 Å². The second-order valence-corrected chi connectivity index (χ2v) is 6.25. The number of pyridine rings is 1. The van der Waals surface area contributed by atoms with Crippen molar-refractivity contribution in [3.05, 3.63) is 18.5 Å². The highest BCUT2D eigenvalue weighted by atomic mass is 32.2. The van der Waals surface area contributed by atoms with Crippen molar-refractivity contribution >= 4 is 15.5 Å². The lowest BCUT2D eigenvalue weighted by atomic mass is 10.0. The Balaban J connectivity index is 2.16. The average molecular weight is 256 g/mol. The molecule has 0 spiro atoms. The van der Waals surface area contributed by atoms with Gasteiger partial charge in [-0.3, -0.25) is 4.98 Å². The molecule has 94 valence electrons. The Labute approximate surface area is 101 Å². The average Bonchev–Trinajstić information content (AvgIpc) is 2.30. The van der Waals surface area contributed by atoms with Crippen molar-refractivity contribution in [2.45, 2.75) is 17.7 Å². The molecule has 0 aliphatic carbocycles. The van der Waals surface area contributed by atoms with Crippen molar-refractivity contribution in [3.63, 3.8) is 0 Å². The molecule has 6 heteroatoms. The number of nitrogens with two attached hydrogens (primary N) is 1. The van der Waals surface area contributed by atoms with E-state index in [1.54, 1.807) is 0 Å². The molecule has 17 heavy (non-hydrogen) atoms. The van der Waals surface area contributed by atoms with E-state index in [1.165, 1.54) is 18.5 Å². The molecule has 0 radical (unpaired) electrons. The highest BCUT2D eigenvalue weighted by Gasteiger charge is 2.24. The number of rotatable bonds is 3. The lowest BCUT2D eigenvalue weighted by Crippen LogP contribution is -2.24. The normalized spacial score (nSPS) is 18.1. The predicted molar refractivity (Wildman–Crippen MR) is 64.2 cm³/mol. The lowest BCUT2D eigenvalue weighted by Gasteiger charge is -2.21. The van der Waals surface area contributed by atoms with E-state index in [9.17, 15) is 8.42 Å². The van der Waals surface area contributed by atoms with Crippen LogP contribution in [0.2, 0.25) is 0 Å². The molecule has 0 saturated carbocycles. The Morgan fingerprint density at radius 3 is 2.76 bits per heavy atom. The third-order valence-electron chi connectivity index (χ3n) is 2.94. The van der Waals surface area contributed by atoms with Crippen molar-refractivity contribution in [2.75, 3.05) is 24.7 Å². The summed E-state index contributed by atoms with van der Waals surface area (Å²) in [6, 6.07) is 1.46. The monoisotopic (exact) mass is 256 g/mol. The molecular weight excluding hydrogens is 240 g/mol. The van der Waals surface area contributed by atoms with E-state index in [1.807, 2.05) is 0 Å². The van der Waals surface area contributed by atoms with Crippen molar-refractivity contribution in [2.24, 2.45) is 5.92 Å². The Hall–Kier alpha value is -1.14. The van der Waals surface area contributed by atoms with Gasteiger partial charge in [0.2, 0.25) is 0 Å². The second kappa shape index (κ2) is 5.01. The van der Waals surface area contributed by atoms with Crippen LogP contribution in [0.3, 0.4) is 0 Å². The summed E-state index contributed by atoms with van der Waals surface area (Å²) in [4.78, 5) is 3.99. The van der Waals surface area contributed by atoms with Crippen LogP contribution in [0.25, 0.3) is 0 Å². The first kappa shape index (κ1) is 12.3. The molecule has 0 atom stereocenters. The maximum absolute atomic E-state index is 12.2. The van der Waals surface area contributed by atoms with Crippen molar-refractivity contribution in [1.82, 2.24) is 4.98 Å². The van der Waals surface area contributed by atoms with Gasteiger partial charge < -0.3 is 10.5 Å². The van der Waals surface area contributed by atoms with Crippen molar-refractivity contribution in [1.29, 1.82) is 0 Å². The van der Waals surface area contributed by atoms with E-state index < -0.39 is 9.84 Å². The van der Waals surface area contributed by atoms with Crippen molar-refractivity contribution in [3.8, 4) is 0 Å². The van der Waals surface area contributed by atoms with Gasteiger partial charge in [0.1, 0.15) is 0 Å². The molecule has 0 unspecified atom stereocenters. The standard InChI is InChI=1S/C11H16N2O3S/c12-10-7-13-4-1-11(10)17(14,15)8-9-2-5-16-6-3-9/h1,4,7,9H,2-3,5-6,8,12H2. The molecule has 1 fully saturated rings. The van der Waals surface area contributed by atoms with Crippen LogP contribution in [-0.2, 0) is 14.6 Å². The fourth-order valence-electron chi connectivity index (χ4n) is 1.99. The zero-order valence-electron chi connectivity index (χ0n) is 9.50. The van der Waals surface area contributed by atoms with Gasteiger partial charge in [0, 0.05) is 19.4 Å². The molecule has 1 saturated heterocycles. The van der Waals surface area contributed by atoms with E-state index in [2.05, 4.69) is 4.98 Å². The molecule has 5 nitrogen and oxygen atoms in total. The summed E-state index contributed by atoms with van der Waals surface area (Å²) in [6.45, 7) is 1.29. The molecule has 1 aliphatic heterocycles. The lowest BCUT2D eigenvalue weighted by molar-refractivity contribution is 0.0723. The summed E-state index contributed by atoms with van der Waals surface area (Å²) < 4.78 is 29.6. The van der Waals surface area contributed by atoms with Gasteiger partial charge in [-0.15, -0.1) is 0 Å². The van der Waals surface area contributed by atoms with Gasteiger partial charge in [-0.25, -0.2) is 8.42 Å². The number of nitrogens with zero attached hydrogens (tertiary/aromatic N) is 1. The van der Waals surface area contributed by atoms with E-state index in [0.717, 1.165) is 12.8 Å². The highest BCUT2D eigenvalue weighted by molar-refractivity contribution is 7.91. The number of hydrogen-bond donors (Lipinski definition) is 1. The molecule has 2 rings (SSSR count). The maximum Gasteiger partial charge on any atom is 0.180 e. The summed E-state index contributed by atoms with van der Waals surface area (Å²) in [5.41, 5.74) is 5.87. The first-order chi connectivity index (χ1) is 8.09. The third kappa shape index (κ3) is 2.95. The number of ether oxygens (including phenoxy) is 1. The zero-order chi connectivity index (χ0) is 12.3. The number of anilines is 1. The van der Waals surface area contributed by atoms with E-state index >= 15 is 0 Å². The molecule has 2 N–H and O–H groups in total. The van der Waals surface area contributed by atoms with Gasteiger partial charge in [0.25, 0.3) is 0 Å². The Morgan fingerprint density at radius 1 is 1.41 bits per heavy atom. The third-order valence-corrected chi connectivity index (χ3v) is 4.89. The van der Waals surface area contributed by atoms with Crippen LogP contribution in [0.1, 0.15) is 12.8 Å². The van der Waals surface area contributed by atoms with Gasteiger partial charge in [-0.2, -0.15) is 0 Å². The molecule has 1 aromatic heterocycles. The second-order valence-electron chi connectivity index (χ2n) is 4.25. The summed E-state index contributed by atoms with van der Waals surface area (Å²) in [7, 11) is -3.31. The highest BCUT2D eigenvalue weighted by Crippen LogP contribution is 2.23. The fraction of sp³-hybridized carbons (Fsp3) is 0.545. The maximum atomic E-state index is 12.2. The van der Waals surface area contributed by atoms with E-state index in [0.29, 0.717) is 13.2 Å². The smallest absolute Gasteiger partial charge is 0.180 e. The summed E-state index contributed by atoms with van der Waals surface area (Å²) >= 11 is 0. The van der Waals surface area contributed by atoms with E-state index in [4.69, 9.17) is 10.5 Å². The van der Waals surface area contributed by atoms with Crippen LogP contribution in [0.15, 0.2) is 23.4 Å². The minimum absolute atomic E-state index is 0.143. The summed E-state index contributed by atoms with van der Waals surface area (Å²) in [6.07, 6.45) is 4.42. The molecule has 0 bridgehead atoms. The number of aromatic nitrogens is 1. The quantitative estimate of drug-likeness (QED) is 0.867. The van der Waals surface area contributed by atoms with Crippen LogP contribution in [-0.4, -0.2) is 32.4 Å². The van der Waals surface area contributed by atoms with Crippen LogP contribution in [0.4, 0.5) is 5.69 Å². The molecular formula is C11H16N2O3S. The first-order valence-electron chi connectivity index (χ1n) is 5.59. The van der Waals surface area contributed by atoms with Crippen LogP contribution in [0, 0.1) is 5.92 Å². The molecule has 1 aliphatic rings. The molecule has 2 heterocycles. The first-order valence-corrected chi connectivity index (χ1v) is 7.25. The summed E-state index contributed by atoms with van der Waals surface area (Å²) in [5.74, 6) is 0.311. The van der Waals surface area contributed by atoms with Crippen molar-refractivity contribution < 1.29 is 13.2 Å². The van der Waals surface area contributed by atoms with Gasteiger partial charge in [0.15, 0.2) is 9.84 Å². The number of nitrogen functional groups attached to an aromatic ring is 1. The number of hydrogen-bond acceptors (Lipinski definition) is 5. The van der Waals surface area contributed by atoms with Crippen LogP contribution >= 0.6 is 0 Å². The predicted octanol–water partition coefficient (Wildman–Crippen LogP) is 0.864. The van der Waals surface area contributed by atoms with Gasteiger partial charge in [-0.1, -0.05) is 0 Å². The molecule has 0 aromatic carbocycles. The topological polar surface area (TPSA) is 82.3 Å². The summed E-state index contributed by atoms with van der Waals surface area (Å²) in [5, 5.41) is 0. The molecule has 0 amide bonds. The van der Waals surface area contributed by atoms with Crippen LogP contribution in [0.5, 0.6) is 0 Å². The SMILES string of the molecule is Nc1cnccc1S(=O)(=O)CC1CCOCC1. The Morgan fingerprint density at radius 2 is 2.12 bits per heavy atom. The largest absolute Gasteiger partial charge is 0.396 e.